The Labute approximate surface area is 162 Å². The summed E-state index contributed by atoms with van der Waals surface area (Å²) in [6.07, 6.45) is 0. The van der Waals surface area contributed by atoms with Gasteiger partial charge in [-0.1, -0.05) is 36.0 Å². The van der Waals surface area contributed by atoms with Crippen molar-refractivity contribution in [1.82, 2.24) is 0 Å². The third kappa shape index (κ3) is 3.68. The summed E-state index contributed by atoms with van der Waals surface area (Å²) < 4.78 is 43.2. The average Bonchev–Trinajstić information content (AvgIpc) is 3.11. The largest absolute Gasteiger partial charge is 0.495 e. The van der Waals surface area contributed by atoms with Crippen LogP contribution >= 0.6 is 11.8 Å². The van der Waals surface area contributed by atoms with E-state index in [2.05, 4.69) is 0 Å². The lowest BCUT2D eigenvalue weighted by Crippen LogP contribution is -2.39. The van der Waals surface area contributed by atoms with Gasteiger partial charge in [-0.3, -0.25) is 4.99 Å². The summed E-state index contributed by atoms with van der Waals surface area (Å²) in [5, 5.41) is 0.744. The van der Waals surface area contributed by atoms with Crippen molar-refractivity contribution in [2.75, 3.05) is 23.5 Å². The summed E-state index contributed by atoms with van der Waals surface area (Å²) in [4.78, 5) is 6.66. The lowest BCUT2D eigenvalue weighted by molar-refractivity contribution is 0.415. The van der Waals surface area contributed by atoms with E-state index in [1.807, 2.05) is 35.2 Å². The molecule has 0 aliphatic carbocycles. The van der Waals surface area contributed by atoms with Gasteiger partial charge in [-0.15, -0.1) is 0 Å². The number of hydrogen-bond acceptors (Lipinski definition) is 6. The van der Waals surface area contributed by atoms with Gasteiger partial charge in [0, 0.05) is 5.75 Å². The smallest absolute Gasteiger partial charge is 0.164 e. The standard InChI is InChI=1S/C19H19FN2O3S2/c1-25-18-8-3-2-7-16(18)22-17-12-27(23,24)11-15(17)21-19(22)26-10-13-5-4-6-14(20)9-13/h2-9,15,17H,10-12H2,1H3/t15-,17-/m0/s1. The molecule has 0 radical (unpaired) electrons. The van der Waals surface area contributed by atoms with Crippen molar-refractivity contribution >= 4 is 32.5 Å². The van der Waals surface area contributed by atoms with Crippen molar-refractivity contribution in [2.24, 2.45) is 4.99 Å². The molecule has 2 aromatic rings. The van der Waals surface area contributed by atoms with Crippen LogP contribution in [0, 0.1) is 5.82 Å². The first kappa shape index (κ1) is 18.3. The van der Waals surface area contributed by atoms with Crippen molar-refractivity contribution in [3.63, 3.8) is 0 Å². The molecule has 5 nitrogen and oxygen atoms in total. The first-order valence-electron chi connectivity index (χ1n) is 8.54. The number of fused-ring (bicyclic) bond motifs is 1. The van der Waals surface area contributed by atoms with E-state index < -0.39 is 9.84 Å². The number of sulfone groups is 1. The summed E-state index contributed by atoms with van der Waals surface area (Å²) >= 11 is 1.48. The van der Waals surface area contributed by atoms with Crippen LogP contribution in [-0.2, 0) is 15.6 Å². The summed E-state index contributed by atoms with van der Waals surface area (Å²) in [5.74, 6) is 1.08. The predicted molar refractivity (Wildman–Crippen MR) is 107 cm³/mol. The number of amidine groups is 1. The van der Waals surface area contributed by atoms with Crippen molar-refractivity contribution in [3.05, 3.63) is 59.9 Å². The fourth-order valence-corrected chi connectivity index (χ4v) is 6.42. The maximum atomic E-state index is 13.4. The molecule has 142 valence electrons. The number of hydrogen-bond donors (Lipinski definition) is 0. The maximum absolute atomic E-state index is 13.4. The third-order valence-corrected chi connectivity index (χ3v) is 7.45. The molecule has 0 N–H and O–H groups in total. The number of thioether (sulfide) groups is 1. The first-order valence-corrected chi connectivity index (χ1v) is 11.4. The zero-order valence-electron chi connectivity index (χ0n) is 14.7. The molecule has 1 saturated heterocycles. The third-order valence-electron chi connectivity index (χ3n) is 4.71. The van der Waals surface area contributed by atoms with E-state index in [0.29, 0.717) is 11.5 Å². The lowest BCUT2D eigenvalue weighted by Gasteiger charge is -2.27. The van der Waals surface area contributed by atoms with Gasteiger partial charge in [-0.05, 0) is 29.8 Å². The minimum Gasteiger partial charge on any atom is -0.495 e. The highest BCUT2D eigenvalue weighted by Gasteiger charge is 2.47. The first-order chi connectivity index (χ1) is 13.0. The number of rotatable bonds is 4. The molecule has 0 spiro atoms. The van der Waals surface area contributed by atoms with Crippen molar-refractivity contribution in [2.45, 2.75) is 17.8 Å². The van der Waals surface area contributed by atoms with Crippen LogP contribution < -0.4 is 9.64 Å². The normalized spacial score (nSPS) is 23.2. The molecule has 2 heterocycles. The second-order valence-corrected chi connectivity index (χ2v) is 9.68. The molecule has 0 unspecified atom stereocenters. The van der Waals surface area contributed by atoms with E-state index in [-0.39, 0.29) is 29.4 Å². The van der Waals surface area contributed by atoms with E-state index >= 15 is 0 Å². The highest BCUT2D eigenvalue weighted by atomic mass is 32.2. The van der Waals surface area contributed by atoms with E-state index in [0.717, 1.165) is 16.4 Å². The Bertz CT molecular complexity index is 994. The van der Waals surface area contributed by atoms with Crippen LogP contribution in [0.5, 0.6) is 5.75 Å². The molecule has 2 aromatic carbocycles. The van der Waals surface area contributed by atoms with Crippen molar-refractivity contribution < 1.29 is 17.5 Å². The van der Waals surface area contributed by atoms with Gasteiger partial charge in [-0.2, -0.15) is 0 Å². The van der Waals surface area contributed by atoms with E-state index in [9.17, 15) is 12.8 Å². The zero-order chi connectivity index (χ0) is 19.0. The summed E-state index contributed by atoms with van der Waals surface area (Å²) in [7, 11) is -1.52. The number of para-hydroxylation sites is 2. The van der Waals surface area contributed by atoms with Gasteiger partial charge >= 0.3 is 0 Å². The molecular formula is C19H19FN2O3S2. The molecule has 4 rings (SSSR count). The van der Waals surface area contributed by atoms with Crippen molar-refractivity contribution in [1.29, 1.82) is 0 Å². The van der Waals surface area contributed by atoms with Crippen LogP contribution in [0.4, 0.5) is 10.1 Å². The second kappa shape index (κ2) is 7.16. The molecule has 2 aliphatic rings. The highest BCUT2D eigenvalue weighted by molar-refractivity contribution is 8.13. The van der Waals surface area contributed by atoms with Crippen LogP contribution in [-0.4, -0.2) is 44.3 Å². The Hall–Kier alpha value is -2.06. The predicted octanol–water partition coefficient (Wildman–Crippen LogP) is 3.11. The molecule has 27 heavy (non-hydrogen) atoms. The molecule has 1 fully saturated rings. The van der Waals surface area contributed by atoms with E-state index in [1.165, 1.54) is 23.9 Å². The van der Waals surface area contributed by atoms with E-state index in [4.69, 9.17) is 9.73 Å². The zero-order valence-corrected chi connectivity index (χ0v) is 16.3. The number of anilines is 1. The number of halogens is 1. The maximum Gasteiger partial charge on any atom is 0.164 e. The monoisotopic (exact) mass is 406 g/mol. The van der Waals surface area contributed by atoms with Crippen LogP contribution in [0.15, 0.2) is 53.5 Å². The molecule has 0 bridgehead atoms. The van der Waals surface area contributed by atoms with Gasteiger partial charge in [0.25, 0.3) is 0 Å². The number of nitrogens with zero attached hydrogens (tertiary/aromatic N) is 2. The van der Waals surface area contributed by atoms with Gasteiger partial charge in [-0.25, -0.2) is 12.8 Å². The topological polar surface area (TPSA) is 59.0 Å². The number of methoxy groups -OCH3 is 1. The Morgan fingerprint density at radius 1 is 1.22 bits per heavy atom. The fraction of sp³-hybridized carbons (Fsp3) is 0.316. The molecule has 8 heteroatoms. The highest BCUT2D eigenvalue weighted by Crippen LogP contribution is 2.39. The summed E-state index contributed by atoms with van der Waals surface area (Å²) in [6.45, 7) is 0. The second-order valence-electron chi connectivity index (χ2n) is 6.58. The average molecular weight is 407 g/mol. The van der Waals surface area contributed by atoms with Gasteiger partial charge < -0.3 is 9.64 Å². The number of ether oxygens (including phenoxy) is 1. The number of benzene rings is 2. The molecule has 2 atom stereocenters. The lowest BCUT2D eigenvalue weighted by atomic mass is 10.1. The van der Waals surface area contributed by atoms with Crippen LogP contribution in [0.1, 0.15) is 5.56 Å². The Morgan fingerprint density at radius 3 is 2.81 bits per heavy atom. The quantitative estimate of drug-likeness (QED) is 0.781. The Morgan fingerprint density at radius 2 is 2.04 bits per heavy atom. The summed E-state index contributed by atoms with van der Waals surface area (Å²) in [6, 6.07) is 13.5. The molecule has 2 aliphatic heterocycles. The van der Waals surface area contributed by atoms with Gasteiger partial charge in [0.05, 0.1) is 36.4 Å². The van der Waals surface area contributed by atoms with E-state index in [1.54, 1.807) is 13.2 Å². The number of aliphatic imine (C=N–C) groups is 1. The molecule has 0 saturated carbocycles. The SMILES string of the molecule is COc1ccccc1N1C(SCc2cccc(F)c2)=N[C@H]2CS(=O)(=O)C[C@@H]21. The molecule has 0 aromatic heterocycles. The van der Waals surface area contributed by atoms with Crippen LogP contribution in [0.2, 0.25) is 0 Å². The Kier molecular flexibility index (Phi) is 4.86. The van der Waals surface area contributed by atoms with Crippen LogP contribution in [0.25, 0.3) is 0 Å². The fourth-order valence-electron chi connectivity index (χ4n) is 3.52. The molecular weight excluding hydrogens is 387 g/mol. The minimum absolute atomic E-state index is 0.0628. The van der Waals surface area contributed by atoms with Crippen molar-refractivity contribution in [3.8, 4) is 5.75 Å². The van der Waals surface area contributed by atoms with Gasteiger partial charge in [0.1, 0.15) is 11.6 Å². The molecule has 0 amide bonds. The summed E-state index contributed by atoms with van der Waals surface area (Å²) in [5.41, 5.74) is 1.66. The van der Waals surface area contributed by atoms with Gasteiger partial charge in [0.2, 0.25) is 0 Å². The minimum atomic E-state index is -3.11. The Balaban J connectivity index is 1.65. The van der Waals surface area contributed by atoms with Crippen LogP contribution in [0.3, 0.4) is 0 Å². The van der Waals surface area contributed by atoms with Gasteiger partial charge in [0.15, 0.2) is 15.0 Å².